The quantitative estimate of drug-likeness (QED) is 0.568. The molecule has 0 N–H and O–H groups in total. The van der Waals surface area contributed by atoms with Gasteiger partial charge in [-0.1, -0.05) is 43.1 Å². The topological polar surface area (TPSA) is 43.4 Å². The third kappa shape index (κ3) is 4.67. The number of rotatable bonds is 7. The molecule has 0 saturated carbocycles. The van der Waals surface area contributed by atoms with E-state index in [2.05, 4.69) is 0 Å². The average molecular weight is 283 g/mol. The first-order valence-electron chi connectivity index (χ1n) is 6.52. The van der Waals surface area contributed by atoms with Gasteiger partial charge < -0.3 is 4.74 Å². The molecular weight excluding hydrogens is 264 g/mol. The number of benzene rings is 1. The predicted molar refractivity (Wildman–Crippen MR) is 75.2 cm³/mol. The van der Waals surface area contributed by atoms with Crippen LogP contribution in [0.5, 0.6) is 0 Å². The summed E-state index contributed by atoms with van der Waals surface area (Å²) in [5.74, 6) is -1.24. The lowest BCUT2D eigenvalue weighted by Gasteiger charge is -2.14. The van der Waals surface area contributed by atoms with Crippen LogP contribution >= 0.6 is 11.6 Å². The van der Waals surface area contributed by atoms with Gasteiger partial charge in [0, 0.05) is 11.4 Å². The van der Waals surface area contributed by atoms with E-state index in [1.54, 1.807) is 19.1 Å². The second-order valence-electron chi connectivity index (χ2n) is 4.33. The molecule has 0 aromatic heterocycles. The minimum Gasteiger partial charge on any atom is -0.465 e. The van der Waals surface area contributed by atoms with Crippen molar-refractivity contribution in [3.63, 3.8) is 0 Å². The van der Waals surface area contributed by atoms with Gasteiger partial charge in [0.05, 0.1) is 6.61 Å². The molecule has 1 aromatic carbocycles. The van der Waals surface area contributed by atoms with Gasteiger partial charge in [0.15, 0.2) is 5.78 Å². The van der Waals surface area contributed by atoms with Crippen molar-refractivity contribution >= 4 is 23.4 Å². The molecule has 0 aliphatic heterocycles. The second kappa shape index (κ2) is 7.95. The predicted octanol–water partition coefficient (Wildman–Crippen LogP) is 3.43. The Morgan fingerprint density at radius 2 is 1.95 bits per heavy atom. The molecule has 3 nitrogen and oxygen atoms in total. The highest BCUT2D eigenvalue weighted by molar-refractivity contribution is 6.31. The fourth-order valence-electron chi connectivity index (χ4n) is 1.89. The number of esters is 1. The zero-order chi connectivity index (χ0) is 14.3. The normalized spacial score (nSPS) is 11.9. The van der Waals surface area contributed by atoms with Crippen LogP contribution in [0.2, 0.25) is 5.02 Å². The molecule has 0 aliphatic carbocycles. The molecule has 1 rings (SSSR count). The molecule has 4 heteroatoms. The van der Waals surface area contributed by atoms with E-state index in [1.807, 2.05) is 19.1 Å². The van der Waals surface area contributed by atoms with Crippen LogP contribution in [-0.4, -0.2) is 18.4 Å². The summed E-state index contributed by atoms with van der Waals surface area (Å²) >= 11 is 6.02. The molecule has 0 amide bonds. The smallest absolute Gasteiger partial charge is 0.316 e. The summed E-state index contributed by atoms with van der Waals surface area (Å²) in [7, 11) is 0. The fraction of sp³-hybridized carbons (Fsp3) is 0.467. The van der Waals surface area contributed by atoms with Crippen molar-refractivity contribution in [2.24, 2.45) is 5.92 Å². The first-order chi connectivity index (χ1) is 9.10. The van der Waals surface area contributed by atoms with E-state index in [-0.39, 0.29) is 12.2 Å². The van der Waals surface area contributed by atoms with Gasteiger partial charge >= 0.3 is 5.97 Å². The van der Waals surface area contributed by atoms with Crippen molar-refractivity contribution in [3.05, 3.63) is 34.9 Å². The maximum atomic E-state index is 12.2. The van der Waals surface area contributed by atoms with E-state index in [0.29, 0.717) is 18.1 Å². The van der Waals surface area contributed by atoms with E-state index < -0.39 is 11.9 Å². The summed E-state index contributed by atoms with van der Waals surface area (Å²) in [5.41, 5.74) is 0.750. The summed E-state index contributed by atoms with van der Waals surface area (Å²) in [4.78, 5) is 24.0. The Hall–Kier alpha value is -1.35. The first-order valence-corrected chi connectivity index (χ1v) is 6.90. The van der Waals surface area contributed by atoms with Gasteiger partial charge in [-0.05, 0) is 25.0 Å². The molecule has 1 aromatic rings. The lowest BCUT2D eigenvalue weighted by molar-refractivity contribution is -0.151. The molecule has 0 fully saturated rings. The van der Waals surface area contributed by atoms with Gasteiger partial charge in [0.1, 0.15) is 5.92 Å². The molecule has 0 bridgehead atoms. The molecule has 19 heavy (non-hydrogen) atoms. The van der Waals surface area contributed by atoms with E-state index >= 15 is 0 Å². The van der Waals surface area contributed by atoms with Gasteiger partial charge in [0.25, 0.3) is 0 Å². The van der Waals surface area contributed by atoms with E-state index in [1.165, 1.54) is 0 Å². The zero-order valence-electron chi connectivity index (χ0n) is 11.3. The van der Waals surface area contributed by atoms with Crippen LogP contribution in [0.4, 0.5) is 0 Å². The average Bonchev–Trinajstić information content (AvgIpc) is 2.38. The summed E-state index contributed by atoms with van der Waals surface area (Å²) in [6.07, 6.45) is 1.45. The Bertz CT molecular complexity index is 443. The highest BCUT2D eigenvalue weighted by atomic mass is 35.5. The van der Waals surface area contributed by atoms with Crippen LogP contribution in [0.1, 0.15) is 32.3 Å². The Morgan fingerprint density at radius 1 is 1.26 bits per heavy atom. The van der Waals surface area contributed by atoms with Crippen molar-refractivity contribution in [2.75, 3.05) is 6.61 Å². The van der Waals surface area contributed by atoms with E-state index in [4.69, 9.17) is 16.3 Å². The molecule has 1 unspecified atom stereocenters. The van der Waals surface area contributed by atoms with E-state index in [9.17, 15) is 9.59 Å². The number of Topliss-reactive ketones (excluding diaryl/α,β-unsaturated/α-hetero) is 1. The summed E-state index contributed by atoms with van der Waals surface area (Å²) < 4.78 is 4.95. The van der Waals surface area contributed by atoms with Crippen LogP contribution in [0.3, 0.4) is 0 Å². The third-order valence-corrected chi connectivity index (χ3v) is 3.23. The van der Waals surface area contributed by atoms with Crippen LogP contribution in [0, 0.1) is 5.92 Å². The molecular formula is C15H19ClO3. The van der Waals surface area contributed by atoms with Gasteiger partial charge in [-0.2, -0.15) is 0 Å². The highest BCUT2D eigenvalue weighted by Crippen LogP contribution is 2.19. The number of carbonyl (C=O) groups excluding carboxylic acids is 2. The monoisotopic (exact) mass is 282 g/mol. The number of hydrogen-bond acceptors (Lipinski definition) is 3. The van der Waals surface area contributed by atoms with Crippen LogP contribution < -0.4 is 0 Å². The molecule has 0 heterocycles. The lowest BCUT2D eigenvalue weighted by Crippen LogP contribution is -2.27. The van der Waals surface area contributed by atoms with Gasteiger partial charge in [-0.25, -0.2) is 0 Å². The molecule has 104 valence electrons. The molecule has 0 aliphatic rings. The number of hydrogen-bond donors (Lipinski definition) is 0. The maximum absolute atomic E-state index is 12.2. The summed E-state index contributed by atoms with van der Waals surface area (Å²) in [6, 6.07) is 7.18. The largest absolute Gasteiger partial charge is 0.465 e. The zero-order valence-corrected chi connectivity index (χ0v) is 12.1. The number of ketones is 1. The van der Waals surface area contributed by atoms with Crippen molar-refractivity contribution in [2.45, 2.75) is 33.1 Å². The Labute approximate surface area is 118 Å². The Morgan fingerprint density at radius 3 is 2.53 bits per heavy atom. The number of halogens is 1. The molecule has 1 atom stereocenters. The SMILES string of the molecule is CCCC(C(=O)Cc1ccccc1Cl)C(=O)OCC. The molecule has 0 saturated heterocycles. The maximum Gasteiger partial charge on any atom is 0.316 e. The highest BCUT2D eigenvalue weighted by Gasteiger charge is 2.27. The van der Waals surface area contributed by atoms with Gasteiger partial charge in [-0.3, -0.25) is 9.59 Å². The summed E-state index contributed by atoms with van der Waals surface area (Å²) in [6.45, 7) is 3.97. The van der Waals surface area contributed by atoms with Crippen molar-refractivity contribution in [1.29, 1.82) is 0 Å². The fourth-order valence-corrected chi connectivity index (χ4v) is 2.10. The number of ether oxygens (including phenoxy) is 1. The van der Waals surface area contributed by atoms with E-state index in [0.717, 1.165) is 12.0 Å². The molecule has 0 spiro atoms. The standard InChI is InChI=1S/C15H19ClO3/c1-3-7-12(15(18)19-4-2)14(17)10-11-8-5-6-9-13(11)16/h5-6,8-9,12H,3-4,7,10H2,1-2H3. The summed E-state index contributed by atoms with van der Waals surface area (Å²) in [5, 5.41) is 0.551. The van der Waals surface area contributed by atoms with Crippen molar-refractivity contribution < 1.29 is 14.3 Å². The Balaban J connectivity index is 2.77. The minimum atomic E-state index is -0.679. The van der Waals surface area contributed by atoms with Crippen LogP contribution in [0.25, 0.3) is 0 Å². The van der Waals surface area contributed by atoms with Crippen molar-refractivity contribution in [1.82, 2.24) is 0 Å². The Kier molecular flexibility index (Phi) is 6.57. The van der Waals surface area contributed by atoms with Crippen LogP contribution in [-0.2, 0) is 20.7 Å². The molecule has 0 radical (unpaired) electrons. The van der Waals surface area contributed by atoms with Crippen molar-refractivity contribution in [3.8, 4) is 0 Å². The van der Waals surface area contributed by atoms with Gasteiger partial charge in [0.2, 0.25) is 0 Å². The minimum absolute atomic E-state index is 0.131. The second-order valence-corrected chi connectivity index (χ2v) is 4.74. The van der Waals surface area contributed by atoms with Crippen LogP contribution in [0.15, 0.2) is 24.3 Å². The lowest BCUT2D eigenvalue weighted by atomic mass is 9.94. The third-order valence-electron chi connectivity index (χ3n) is 2.86. The first kappa shape index (κ1) is 15.7. The number of carbonyl (C=O) groups is 2. The van der Waals surface area contributed by atoms with Gasteiger partial charge in [-0.15, -0.1) is 0 Å².